The lowest BCUT2D eigenvalue weighted by atomic mass is 10.0. The lowest BCUT2D eigenvalue weighted by Gasteiger charge is -2.32. The molecule has 0 aliphatic heterocycles. The number of halogens is 2. The van der Waals surface area contributed by atoms with Crippen LogP contribution in [0.5, 0.6) is 5.75 Å². The Balaban J connectivity index is 1.90. The van der Waals surface area contributed by atoms with E-state index < -0.39 is 6.04 Å². The zero-order valence-electron chi connectivity index (χ0n) is 19.9. The largest absolute Gasteiger partial charge is 0.484 e. The lowest BCUT2D eigenvalue weighted by Crippen LogP contribution is -2.53. The van der Waals surface area contributed by atoms with Crippen LogP contribution in [0.4, 0.5) is 0 Å². The highest BCUT2D eigenvalue weighted by atomic mass is 127. The summed E-state index contributed by atoms with van der Waals surface area (Å²) in [6.07, 6.45) is 1.18. The molecule has 0 saturated heterocycles. The normalized spacial score (nSPS) is 12.5. The van der Waals surface area contributed by atoms with Gasteiger partial charge in [0, 0.05) is 27.6 Å². The summed E-state index contributed by atoms with van der Waals surface area (Å²) in [5, 5.41) is 3.64. The van der Waals surface area contributed by atoms with Gasteiger partial charge in [0.25, 0.3) is 5.91 Å². The number of rotatable bonds is 11. The van der Waals surface area contributed by atoms with E-state index in [2.05, 4.69) is 27.9 Å². The summed E-state index contributed by atoms with van der Waals surface area (Å²) in [5.41, 5.74) is 1.81. The number of nitrogens with zero attached hydrogens (tertiary/aromatic N) is 1. The molecule has 1 N–H and O–H groups in total. The molecule has 0 radical (unpaired) electrons. The van der Waals surface area contributed by atoms with Crippen LogP contribution in [0.2, 0.25) is 5.02 Å². The Hall–Kier alpha value is -2.58. The van der Waals surface area contributed by atoms with Gasteiger partial charge < -0.3 is 15.0 Å². The second kappa shape index (κ2) is 13.5. The van der Waals surface area contributed by atoms with Gasteiger partial charge >= 0.3 is 0 Å². The number of nitrogens with one attached hydrogen (secondary N) is 1. The van der Waals surface area contributed by atoms with Crippen LogP contribution in [-0.4, -0.2) is 35.4 Å². The van der Waals surface area contributed by atoms with Crippen molar-refractivity contribution < 1.29 is 14.3 Å². The molecule has 2 atom stereocenters. The van der Waals surface area contributed by atoms with Crippen molar-refractivity contribution in [3.63, 3.8) is 0 Å². The average molecular weight is 605 g/mol. The van der Waals surface area contributed by atoms with Crippen LogP contribution in [0.15, 0.2) is 78.9 Å². The van der Waals surface area contributed by atoms with E-state index in [0.29, 0.717) is 17.2 Å². The molecule has 2 amide bonds. The van der Waals surface area contributed by atoms with E-state index in [4.69, 9.17) is 16.3 Å². The van der Waals surface area contributed by atoms with Crippen LogP contribution in [0.1, 0.15) is 31.4 Å². The quantitative estimate of drug-likeness (QED) is 0.278. The Morgan fingerprint density at radius 1 is 1.00 bits per heavy atom. The molecule has 0 aliphatic carbocycles. The highest BCUT2D eigenvalue weighted by Gasteiger charge is 2.31. The van der Waals surface area contributed by atoms with Crippen LogP contribution >= 0.6 is 34.2 Å². The summed E-state index contributed by atoms with van der Waals surface area (Å²) in [4.78, 5) is 28.6. The molecule has 0 saturated carbocycles. The van der Waals surface area contributed by atoms with Crippen molar-refractivity contribution >= 4 is 46.0 Å². The summed E-state index contributed by atoms with van der Waals surface area (Å²) in [5.74, 6) is 0.141. The first kappa shape index (κ1) is 27.0. The molecule has 0 spiro atoms. The molecule has 3 rings (SSSR count). The van der Waals surface area contributed by atoms with E-state index >= 15 is 0 Å². The van der Waals surface area contributed by atoms with Crippen molar-refractivity contribution in [2.75, 3.05) is 6.61 Å². The van der Waals surface area contributed by atoms with E-state index in [-0.39, 0.29) is 31.0 Å². The molecule has 3 aromatic carbocycles. The smallest absolute Gasteiger partial charge is 0.261 e. The molecule has 0 fully saturated rings. The number of benzene rings is 3. The van der Waals surface area contributed by atoms with Gasteiger partial charge in [-0.25, -0.2) is 0 Å². The van der Waals surface area contributed by atoms with Gasteiger partial charge in [0.05, 0.1) is 0 Å². The fraction of sp³-hybridized carbons (Fsp3) is 0.286. The molecule has 0 aliphatic rings. The number of amides is 2. The van der Waals surface area contributed by atoms with Gasteiger partial charge in [-0.3, -0.25) is 9.59 Å². The second-order valence-electron chi connectivity index (χ2n) is 8.42. The predicted octanol–water partition coefficient (Wildman–Crippen LogP) is 5.88. The maximum Gasteiger partial charge on any atom is 0.261 e. The van der Waals surface area contributed by atoms with E-state index in [0.717, 1.165) is 21.1 Å². The van der Waals surface area contributed by atoms with Crippen LogP contribution in [0.3, 0.4) is 0 Å². The minimum absolute atomic E-state index is 0.00747. The summed E-state index contributed by atoms with van der Waals surface area (Å²) in [6, 6.07) is 23.8. The maximum absolute atomic E-state index is 13.6. The summed E-state index contributed by atoms with van der Waals surface area (Å²) in [6.45, 7) is 4.03. The van der Waals surface area contributed by atoms with Gasteiger partial charge in [-0.05, 0) is 83.5 Å². The first-order chi connectivity index (χ1) is 16.9. The minimum Gasteiger partial charge on any atom is -0.484 e. The van der Waals surface area contributed by atoms with E-state index in [9.17, 15) is 9.59 Å². The van der Waals surface area contributed by atoms with E-state index in [1.165, 1.54) is 0 Å². The lowest BCUT2D eigenvalue weighted by molar-refractivity contribution is -0.143. The summed E-state index contributed by atoms with van der Waals surface area (Å²) < 4.78 is 6.87. The first-order valence-corrected chi connectivity index (χ1v) is 13.1. The van der Waals surface area contributed by atoms with Crippen molar-refractivity contribution in [1.29, 1.82) is 0 Å². The van der Waals surface area contributed by atoms with Gasteiger partial charge in [-0.2, -0.15) is 0 Å². The standard InChI is InChI=1S/C28H30ClIN2O3/c1-3-20(2)31-28(34)26(17-21-8-5-4-6-9-21)32(18-22-10-7-11-23(29)16-22)27(33)19-35-25-14-12-24(30)13-15-25/h4-16,20,26H,3,17-19H2,1-2H3,(H,31,34). The highest BCUT2D eigenvalue weighted by molar-refractivity contribution is 14.1. The van der Waals surface area contributed by atoms with Crippen molar-refractivity contribution in [2.45, 2.75) is 45.3 Å². The third kappa shape index (κ3) is 8.54. The zero-order valence-corrected chi connectivity index (χ0v) is 22.8. The van der Waals surface area contributed by atoms with Crippen LogP contribution < -0.4 is 10.1 Å². The topological polar surface area (TPSA) is 58.6 Å². The molecule has 5 nitrogen and oxygen atoms in total. The molecule has 0 heterocycles. The molecular weight excluding hydrogens is 575 g/mol. The van der Waals surface area contributed by atoms with Crippen LogP contribution in [0.25, 0.3) is 0 Å². The first-order valence-electron chi connectivity index (χ1n) is 11.6. The maximum atomic E-state index is 13.6. The van der Waals surface area contributed by atoms with Crippen molar-refractivity contribution in [1.82, 2.24) is 10.2 Å². The Bertz CT molecular complexity index is 1110. The molecule has 0 bridgehead atoms. The number of ether oxygens (including phenoxy) is 1. The molecule has 7 heteroatoms. The predicted molar refractivity (Wildman–Crippen MR) is 148 cm³/mol. The summed E-state index contributed by atoms with van der Waals surface area (Å²) >= 11 is 8.43. The molecule has 184 valence electrons. The summed E-state index contributed by atoms with van der Waals surface area (Å²) in [7, 11) is 0. The molecule has 3 aromatic rings. The van der Waals surface area contributed by atoms with Gasteiger partial charge in [-0.1, -0.05) is 61.0 Å². The van der Waals surface area contributed by atoms with Gasteiger partial charge in [0.2, 0.25) is 5.91 Å². The third-order valence-electron chi connectivity index (χ3n) is 5.69. The third-order valence-corrected chi connectivity index (χ3v) is 6.64. The number of hydrogen-bond donors (Lipinski definition) is 1. The fourth-order valence-corrected chi connectivity index (χ4v) is 4.16. The molecular formula is C28H30ClIN2O3. The van der Waals surface area contributed by atoms with Crippen molar-refractivity contribution in [2.24, 2.45) is 0 Å². The molecule has 0 aromatic heterocycles. The van der Waals surface area contributed by atoms with Crippen molar-refractivity contribution in [3.8, 4) is 5.75 Å². The van der Waals surface area contributed by atoms with Crippen LogP contribution in [0, 0.1) is 3.57 Å². The van der Waals surface area contributed by atoms with Gasteiger partial charge in [0.15, 0.2) is 6.61 Å². The van der Waals surface area contributed by atoms with Gasteiger partial charge in [0.1, 0.15) is 11.8 Å². The van der Waals surface area contributed by atoms with Crippen molar-refractivity contribution in [3.05, 3.63) is 98.6 Å². The second-order valence-corrected chi connectivity index (χ2v) is 10.1. The fourth-order valence-electron chi connectivity index (χ4n) is 3.59. The molecule has 2 unspecified atom stereocenters. The Kier molecular flexibility index (Phi) is 10.4. The monoisotopic (exact) mass is 604 g/mol. The Morgan fingerprint density at radius 2 is 1.69 bits per heavy atom. The average Bonchev–Trinajstić information content (AvgIpc) is 2.86. The SMILES string of the molecule is CCC(C)NC(=O)C(Cc1ccccc1)N(Cc1cccc(Cl)c1)C(=O)COc1ccc(I)cc1. The Morgan fingerprint density at radius 3 is 2.34 bits per heavy atom. The number of hydrogen-bond acceptors (Lipinski definition) is 3. The highest BCUT2D eigenvalue weighted by Crippen LogP contribution is 2.19. The molecule has 35 heavy (non-hydrogen) atoms. The van der Waals surface area contributed by atoms with E-state index in [1.807, 2.05) is 86.6 Å². The van der Waals surface area contributed by atoms with E-state index in [1.54, 1.807) is 11.0 Å². The number of carbonyl (C=O) groups excluding carboxylic acids is 2. The zero-order chi connectivity index (χ0) is 25.2. The number of carbonyl (C=O) groups is 2. The van der Waals surface area contributed by atoms with Gasteiger partial charge in [-0.15, -0.1) is 0 Å². The minimum atomic E-state index is -0.710. The van der Waals surface area contributed by atoms with Crippen LogP contribution in [-0.2, 0) is 22.6 Å². The Labute approximate surface area is 226 Å².